The number of nitro groups is 1. The van der Waals surface area contributed by atoms with Gasteiger partial charge in [0.05, 0.1) is 11.3 Å². The van der Waals surface area contributed by atoms with E-state index in [0.29, 0.717) is 12.1 Å². The van der Waals surface area contributed by atoms with Gasteiger partial charge in [-0.3, -0.25) is 14.9 Å². The molecule has 9 heteroatoms. The topological polar surface area (TPSA) is 89.7 Å². The maximum absolute atomic E-state index is 13.3. The third-order valence-electron chi connectivity index (χ3n) is 1.84. The molecule has 1 aromatic rings. The SMILES string of the molecule is O=C(O)Cc1cc(F)c(OC(F)F)c([N+](=O)[O-])c1. The summed E-state index contributed by atoms with van der Waals surface area (Å²) < 4.78 is 40.9. The fraction of sp³-hybridized carbons (Fsp3) is 0.222. The second-order valence-corrected chi connectivity index (χ2v) is 3.13. The van der Waals surface area contributed by atoms with Crippen LogP contribution in [0.3, 0.4) is 0 Å². The first-order valence-electron chi connectivity index (χ1n) is 4.44. The molecule has 1 N–H and O–H groups in total. The number of benzene rings is 1. The molecule has 1 rings (SSSR count). The minimum absolute atomic E-state index is 0.228. The molecule has 0 spiro atoms. The van der Waals surface area contributed by atoms with E-state index in [1.54, 1.807) is 0 Å². The molecule has 98 valence electrons. The van der Waals surface area contributed by atoms with Crippen molar-refractivity contribution in [2.75, 3.05) is 0 Å². The molecule has 0 saturated heterocycles. The first-order chi connectivity index (χ1) is 8.31. The molecular weight excluding hydrogens is 259 g/mol. The Morgan fingerprint density at radius 1 is 1.50 bits per heavy atom. The van der Waals surface area contributed by atoms with Crippen molar-refractivity contribution in [2.45, 2.75) is 13.0 Å². The highest BCUT2D eigenvalue weighted by Crippen LogP contribution is 2.32. The third kappa shape index (κ3) is 3.34. The van der Waals surface area contributed by atoms with E-state index < -0.39 is 41.2 Å². The summed E-state index contributed by atoms with van der Waals surface area (Å²) in [6.45, 7) is -3.43. The largest absolute Gasteiger partial charge is 0.481 e. The van der Waals surface area contributed by atoms with Crippen LogP contribution < -0.4 is 4.74 Å². The number of nitrogens with zero attached hydrogens (tertiary/aromatic N) is 1. The van der Waals surface area contributed by atoms with Crippen LogP contribution in [0.1, 0.15) is 5.56 Å². The number of aliphatic carboxylic acids is 1. The lowest BCUT2D eigenvalue weighted by Crippen LogP contribution is -2.08. The number of carboxylic acids is 1. The minimum Gasteiger partial charge on any atom is -0.481 e. The molecule has 0 fully saturated rings. The van der Waals surface area contributed by atoms with Crippen molar-refractivity contribution in [3.63, 3.8) is 0 Å². The van der Waals surface area contributed by atoms with E-state index in [1.165, 1.54) is 0 Å². The number of nitro benzene ring substituents is 1. The molecule has 1 aromatic carbocycles. The number of carboxylic acid groups (broad SMARTS) is 1. The van der Waals surface area contributed by atoms with E-state index in [9.17, 15) is 28.1 Å². The summed E-state index contributed by atoms with van der Waals surface area (Å²) in [4.78, 5) is 19.8. The zero-order valence-electron chi connectivity index (χ0n) is 8.60. The number of carbonyl (C=O) groups is 1. The van der Waals surface area contributed by atoms with Crippen LogP contribution >= 0.6 is 0 Å². The number of ether oxygens (including phenoxy) is 1. The second kappa shape index (κ2) is 5.34. The normalized spacial score (nSPS) is 10.4. The highest BCUT2D eigenvalue weighted by molar-refractivity contribution is 5.71. The Kier molecular flexibility index (Phi) is 4.08. The number of hydrogen-bond acceptors (Lipinski definition) is 4. The number of rotatable bonds is 5. The van der Waals surface area contributed by atoms with Crippen molar-refractivity contribution in [3.05, 3.63) is 33.6 Å². The van der Waals surface area contributed by atoms with E-state index >= 15 is 0 Å². The van der Waals surface area contributed by atoms with Crippen LogP contribution in [0.4, 0.5) is 18.9 Å². The lowest BCUT2D eigenvalue weighted by atomic mass is 10.1. The molecule has 6 nitrogen and oxygen atoms in total. The molecule has 0 unspecified atom stereocenters. The van der Waals surface area contributed by atoms with Crippen molar-refractivity contribution < 1.29 is 32.7 Å². The summed E-state index contributed by atoms with van der Waals surface area (Å²) in [6, 6.07) is 1.27. The molecule has 0 amide bonds. The molecule has 0 radical (unpaired) electrons. The maximum Gasteiger partial charge on any atom is 0.387 e. The van der Waals surface area contributed by atoms with E-state index in [0.717, 1.165) is 0 Å². The summed E-state index contributed by atoms with van der Waals surface area (Å²) in [6.07, 6.45) is -0.674. The fourth-order valence-electron chi connectivity index (χ4n) is 1.25. The zero-order chi connectivity index (χ0) is 13.9. The first kappa shape index (κ1) is 13.7. The van der Waals surface area contributed by atoms with E-state index in [1.807, 2.05) is 0 Å². The van der Waals surface area contributed by atoms with E-state index in [4.69, 9.17) is 5.11 Å². The van der Waals surface area contributed by atoms with E-state index in [-0.39, 0.29) is 5.56 Å². The quantitative estimate of drug-likeness (QED) is 0.649. The van der Waals surface area contributed by atoms with Gasteiger partial charge in [-0.25, -0.2) is 4.39 Å². The highest BCUT2D eigenvalue weighted by Gasteiger charge is 2.24. The van der Waals surface area contributed by atoms with Crippen molar-refractivity contribution in [2.24, 2.45) is 0 Å². The molecule has 0 atom stereocenters. The van der Waals surface area contributed by atoms with Gasteiger partial charge in [-0.2, -0.15) is 8.78 Å². The van der Waals surface area contributed by atoms with Crippen LogP contribution in [-0.4, -0.2) is 22.6 Å². The van der Waals surface area contributed by atoms with Crippen LogP contribution in [0.15, 0.2) is 12.1 Å². The smallest absolute Gasteiger partial charge is 0.387 e. The lowest BCUT2D eigenvalue weighted by Gasteiger charge is -2.07. The van der Waals surface area contributed by atoms with Gasteiger partial charge in [0.2, 0.25) is 5.75 Å². The van der Waals surface area contributed by atoms with Crippen LogP contribution in [0.25, 0.3) is 0 Å². The van der Waals surface area contributed by atoms with Gasteiger partial charge in [-0.1, -0.05) is 0 Å². The predicted octanol–water partition coefficient (Wildman–Crippen LogP) is 1.96. The molecule has 0 aliphatic carbocycles. The average Bonchev–Trinajstić information content (AvgIpc) is 2.19. The van der Waals surface area contributed by atoms with Crippen LogP contribution in [-0.2, 0) is 11.2 Å². The van der Waals surface area contributed by atoms with Crippen LogP contribution in [0.2, 0.25) is 0 Å². The summed E-state index contributed by atoms with van der Waals surface area (Å²) in [5.41, 5.74) is -1.28. The monoisotopic (exact) mass is 265 g/mol. The molecular formula is C9H6F3NO5. The average molecular weight is 265 g/mol. The fourth-order valence-corrected chi connectivity index (χ4v) is 1.25. The summed E-state index contributed by atoms with van der Waals surface area (Å²) in [5.74, 6) is -3.98. The van der Waals surface area contributed by atoms with Crippen molar-refractivity contribution in [1.82, 2.24) is 0 Å². The molecule has 0 aliphatic rings. The zero-order valence-corrected chi connectivity index (χ0v) is 8.60. The Labute approximate surface area is 97.7 Å². The molecule has 0 aromatic heterocycles. The Morgan fingerprint density at radius 2 is 2.11 bits per heavy atom. The van der Waals surface area contributed by atoms with Gasteiger partial charge in [-0.05, 0) is 11.6 Å². The van der Waals surface area contributed by atoms with Crippen LogP contribution in [0, 0.1) is 15.9 Å². The molecule has 0 aliphatic heterocycles. The Hall–Kier alpha value is -2.32. The highest BCUT2D eigenvalue weighted by atomic mass is 19.3. The molecule has 18 heavy (non-hydrogen) atoms. The van der Waals surface area contributed by atoms with Gasteiger partial charge >= 0.3 is 18.3 Å². The van der Waals surface area contributed by atoms with Gasteiger partial charge in [-0.15, -0.1) is 0 Å². The van der Waals surface area contributed by atoms with Crippen LogP contribution in [0.5, 0.6) is 5.75 Å². The minimum atomic E-state index is -3.43. The Bertz CT molecular complexity index is 491. The molecule has 0 bridgehead atoms. The predicted molar refractivity (Wildman–Crippen MR) is 51.0 cm³/mol. The van der Waals surface area contributed by atoms with Gasteiger partial charge in [0.1, 0.15) is 0 Å². The Morgan fingerprint density at radius 3 is 2.56 bits per heavy atom. The Balaban J connectivity index is 3.26. The number of alkyl halides is 2. The molecule has 0 heterocycles. The van der Waals surface area contributed by atoms with Gasteiger partial charge < -0.3 is 9.84 Å². The van der Waals surface area contributed by atoms with Gasteiger partial charge in [0, 0.05) is 6.07 Å². The standard InChI is InChI=1S/C9H6F3NO5/c10-5-1-4(3-7(14)15)2-6(13(16)17)8(5)18-9(11)12/h1-2,9H,3H2,(H,14,15). The van der Waals surface area contributed by atoms with Crippen molar-refractivity contribution >= 4 is 11.7 Å². The van der Waals surface area contributed by atoms with E-state index in [2.05, 4.69) is 4.74 Å². The second-order valence-electron chi connectivity index (χ2n) is 3.13. The number of hydrogen-bond donors (Lipinski definition) is 1. The molecule has 0 saturated carbocycles. The lowest BCUT2D eigenvalue weighted by molar-refractivity contribution is -0.386. The summed E-state index contributed by atoms with van der Waals surface area (Å²) in [5, 5.41) is 19.0. The van der Waals surface area contributed by atoms with Crippen molar-refractivity contribution in [3.8, 4) is 5.75 Å². The first-order valence-corrected chi connectivity index (χ1v) is 4.44. The summed E-state index contributed by atoms with van der Waals surface area (Å²) >= 11 is 0. The maximum atomic E-state index is 13.3. The van der Waals surface area contributed by atoms with Crippen molar-refractivity contribution in [1.29, 1.82) is 0 Å². The third-order valence-corrected chi connectivity index (χ3v) is 1.84. The summed E-state index contributed by atoms with van der Waals surface area (Å²) in [7, 11) is 0. The van der Waals surface area contributed by atoms with Gasteiger partial charge in [0.15, 0.2) is 5.82 Å². The van der Waals surface area contributed by atoms with Gasteiger partial charge in [0.25, 0.3) is 0 Å². The number of halogens is 3.